The second-order valence-electron chi connectivity index (χ2n) is 3.01. The smallest absolute Gasteiger partial charge is 0.341 e. The second-order valence-corrected chi connectivity index (χ2v) is 3.01. The third kappa shape index (κ3) is 2.09. The first kappa shape index (κ1) is 11.1. The van der Waals surface area contributed by atoms with Gasteiger partial charge in [-0.15, -0.1) is 0 Å². The van der Waals surface area contributed by atoms with Gasteiger partial charge in [-0.05, 0) is 0 Å². The van der Waals surface area contributed by atoms with Crippen molar-refractivity contribution in [2.24, 2.45) is 7.05 Å². The van der Waals surface area contributed by atoms with Gasteiger partial charge in [0.25, 0.3) is 0 Å². The average molecular weight is 213 g/mol. The maximum atomic E-state index is 10.9. The van der Waals surface area contributed by atoms with Crippen molar-refractivity contribution in [3.8, 4) is 5.75 Å². The SMILES string of the molecule is COc1cn(C)c(CC(=O)O)c1C(=O)O. The van der Waals surface area contributed by atoms with Gasteiger partial charge in [0.1, 0.15) is 5.56 Å². The minimum Gasteiger partial charge on any atom is -0.494 e. The largest absolute Gasteiger partial charge is 0.494 e. The number of nitrogens with zero attached hydrogens (tertiary/aromatic N) is 1. The zero-order valence-electron chi connectivity index (χ0n) is 8.35. The molecule has 6 nitrogen and oxygen atoms in total. The number of methoxy groups -OCH3 is 1. The summed E-state index contributed by atoms with van der Waals surface area (Å²) >= 11 is 0. The van der Waals surface area contributed by atoms with Crippen LogP contribution in [-0.4, -0.2) is 33.8 Å². The number of hydrogen-bond acceptors (Lipinski definition) is 3. The van der Waals surface area contributed by atoms with E-state index in [0.29, 0.717) is 0 Å². The fourth-order valence-corrected chi connectivity index (χ4v) is 1.38. The van der Waals surface area contributed by atoms with Gasteiger partial charge in [0, 0.05) is 18.9 Å². The van der Waals surface area contributed by atoms with E-state index < -0.39 is 11.9 Å². The van der Waals surface area contributed by atoms with Crippen LogP contribution in [0.1, 0.15) is 16.1 Å². The average Bonchev–Trinajstić information content (AvgIpc) is 2.42. The molecule has 2 N–H and O–H groups in total. The monoisotopic (exact) mass is 213 g/mol. The van der Waals surface area contributed by atoms with Crippen molar-refractivity contribution < 1.29 is 24.5 Å². The Labute approximate surface area is 85.7 Å². The number of aromatic carboxylic acids is 1. The van der Waals surface area contributed by atoms with E-state index >= 15 is 0 Å². The van der Waals surface area contributed by atoms with Crippen LogP contribution < -0.4 is 4.74 Å². The first-order valence-corrected chi connectivity index (χ1v) is 4.14. The molecule has 0 saturated carbocycles. The molecular formula is C9H11NO5. The molecule has 15 heavy (non-hydrogen) atoms. The number of carboxylic acids is 2. The number of hydrogen-bond donors (Lipinski definition) is 2. The molecule has 0 fully saturated rings. The van der Waals surface area contributed by atoms with Gasteiger partial charge >= 0.3 is 11.9 Å². The van der Waals surface area contributed by atoms with Crippen LogP contribution in [0.4, 0.5) is 0 Å². The summed E-state index contributed by atoms with van der Waals surface area (Å²) in [5.74, 6) is -2.11. The molecule has 1 rings (SSSR count). The summed E-state index contributed by atoms with van der Waals surface area (Å²) in [5.41, 5.74) is 0.120. The lowest BCUT2D eigenvalue weighted by molar-refractivity contribution is -0.136. The van der Waals surface area contributed by atoms with Crippen molar-refractivity contribution in [2.75, 3.05) is 7.11 Å². The van der Waals surface area contributed by atoms with E-state index in [-0.39, 0.29) is 23.4 Å². The molecule has 0 saturated heterocycles. The fraction of sp³-hybridized carbons (Fsp3) is 0.333. The highest BCUT2D eigenvalue weighted by atomic mass is 16.5. The Kier molecular flexibility index (Phi) is 2.99. The maximum absolute atomic E-state index is 10.9. The summed E-state index contributed by atoms with van der Waals surface area (Å²) in [7, 11) is 2.92. The number of rotatable bonds is 4. The Bertz CT molecular complexity index is 407. The Balaban J connectivity index is 3.28. The fourth-order valence-electron chi connectivity index (χ4n) is 1.38. The summed E-state index contributed by atoms with van der Waals surface area (Å²) in [5, 5.41) is 17.6. The van der Waals surface area contributed by atoms with Crippen molar-refractivity contribution in [2.45, 2.75) is 6.42 Å². The number of carbonyl (C=O) groups is 2. The zero-order valence-corrected chi connectivity index (χ0v) is 8.35. The number of aromatic nitrogens is 1. The lowest BCUT2D eigenvalue weighted by atomic mass is 10.2. The molecule has 1 aromatic heterocycles. The third-order valence-electron chi connectivity index (χ3n) is 2.02. The van der Waals surface area contributed by atoms with Crippen molar-refractivity contribution >= 4 is 11.9 Å². The van der Waals surface area contributed by atoms with E-state index in [2.05, 4.69) is 0 Å². The van der Waals surface area contributed by atoms with Gasteiger partial charge in [-0.2, -0.15) is 0 Å². The minimum absolute atomic E-state index is 0.0950. The molecule has 0 aliphatic carbocycles. The first-order chi connectivity index (χ1) is 6.97. The predicted octanol–water partition coefficient (Wildman–Crippen LogP) is 0.359. The molecule has 0 radical (unpaired) electrons. The Morgan fingerprint density at radius 2 is 2.07 bits per heavy atom. The summed E-state index contributed by atoms with van der Waals surface area (Å²) in [6.07, 6.45) is 1.10. The van der Waals surface area contributed by atoms with Crippen LogP contribution >= 0.6 is 0 Å². The molecule has 0 aliphatic heterocycles. The zero-order chi connectivity index (χ0) is 11.6. The van der Waals surface area contributed by atoms with Gasteiger partial charge in [0.2, 0.25) is 0 Å². The van der Waals surface area contributed by atoms with Gasteiger partial charge in [-0.3, -0.25) is 4.79 Å². The molecule has 0 bridgehead atoms. The molecule has 0 amide bonds. The molecule has 82 valence electrons. The van der Waals surface area contributed by atoms with E-state index in [0.717, 1.165) is 0 Å². The molecule has 0 aliphatic rings. The van der Waals surface area contributed by atoms with Crippen molar-refractivity contribution in [1.29, 1.82) is 0 Å². The van der Waals surface area contributed by atoms with Gasteiger partial charge in [0.05, 0.1) is 13.5 Å². The predicted molar refractivity (Wildman–Crippen MR) is 50.3 cm³/mol. The van der Waals surface area contributed by atoms with E-state index in [4.69, 9.17) is 14.9 Å². The van der Waals surface area contributed by atoms with Crippen molar-refractivity contribution in [1.82, 2.24) is 4.57 Å². The van der Waals surface area contributed by atoms with Crippen molar-refractivity contribution in [3.05, 3.63) is 17.5 Å². The molecule has 6 heteroatoms. The lowest BCUT2D eigenvalue weighted by Crippen LogP contribution is -2.10. The lowest BCUT2D eigenvalue weighted by Gasteiger charge is -2.01. The van der Waals surface area contributed by atoms with Gasteiger partial charge < -0.3 is 19.5 Å². The summed E-state index contributed by atoms with van der Waals surface area (Å²) < 4.78 is 6.30. The quantitative estimate of drug-likeness (QED) is 0.753. The number of ether oxygens (including phenoxy) is 1. The second kappa shape index (κ2) is 4.04. The number of aliphatic carboxylic acids is 1. The van der Waals surface area contributed by atoms with E-state index in [1.807, 2.05) is 0 Å². The Hall–Kier alpha value is -1.98. The van der Waals surface area contributed by atoms with E-state index in [1.54, 1.807) is 7.05 Å². The summed E-state index contributed by atoms with van der Waals surface area (Å²) in [6, 6.07) is 0. The van der Waals surface area contributed by atoms with Crippen LogP contribution in [0.5, 0.6) is 5.75 Å². The molecule has 1 aromatic rings. The van der Waals surface area contributed by atoms with Crippen LogP contribution in [0, 0.1) is 0 Å². The van der Waals surface area contributed by atoms with E-state index in [9.17, 15) is 9.59 Å². The van der Waals surface area contributed by atoms with Crippen LogP contribution in [0.15, 0.2) is 6.20 Å². The molecule has 1 heterocycles. The summed E-state index contributed by atoms with van der Waals surface area (Å²) in [4.78, 5) is 21.5. The number of aryl methyl sites for hydroxylation is 1. The topological polar surface area (TPSA) is 88.8 Å². The highest BCUT2D eigenvalue weighted by molar-refractivity contribution is 5.93. The van der Waals surface area contributed by atoms with Crippen molar-refractivity contribution in [3.63, 3.8) is 0 Å². The molecule has 0 unspecified atom stereocenters. The molecule has 0 spiro atoms. The standard InChI is InChI=1S/C9H11NO5/c1-10-4-6(15-2)8(9(13)14)5(10)3-7(11)12/h4H,3H2,1-2H3,(H,11,12)(H,13,14). The molecule has 0 atom stereocenters. The summed E-state index contributed by atoms with van der Waals surface area (Å²) in [6.45, 7) is 0. The third-order valence-corrected chi connectivity index (χ3v) is 2.02. The van der Waals surface area contributed by atoms with Crippen LogP contribution in [-0.2, 0) is 18.3 Å². The molecular weight excluding hydrogens is 202 g/mol. The van der Waals surface area contributed by atoms with Crippen LogP contribution in [0.2, 0.25) is 0 Å². The Morgan fingerprint density at radius 3 is 2.47 bits per heavy atom. The normalized spacial score (nSPS) is 10.0. The highest BCUT2D eigenvalue weighted by Gasteiger charge is 2.22. The Morgan fingerprint density at radius 1 is 1.47 bits per heavy atom. The molecule has 0 aromatic carbocycles. The first-order valence-electron chi connectivity index (χ1n) is 4.14. The van der Waals surface area contributed by atoms with Gasteiger partial charge in [0.15, 0.2) is 5.75 Å². The van der Waals surface area contributed by atoms with Gasteiger partial charge in [-0.1, -0.05) is 0 Å². The maximum Gasteiger partial charge on any atom is 0.341 e. The van der Waals surface area contributed by atoms with Gasteiger partial charge in [-0.25, -0.2) is 4.79 Å². The van der Waals surface area contributed by atoms with Crippen LogP contribution in [0.25, 0.3) is 0 Å². The number of carboxylic acid groups (broad SMARTS) is 2. The highest BCUT2D eigenvalue weighted by Crippen LogP contribution is 2.24. The minimum atomic E-state index is -1.19. The van der Waals surface area contributed by atoms with E-state index in [1.165, 1.54) is 17.9 Å². The van der Waals surface area contributed by atoms with Crippen LogP contribution in [0.3, 0.4) is 0 Å².